The molecule has 0 aromatic heterocycles. The van der Waals surface area contributed by atoms with Gasteiger partial charge in [-0.1, -0.05) is 12.1 Å². The maximum atomic E-state index is 12.4. The SMILES string of the molecule is O=C(Cl)OCc1ccc(F)cc1. The van der Waals surface area contributed by atoms with Crippen molar-refractivity contribution in [3.8, 4) is 0 Å². The normalized spacial score (nSPS) is 9.50. The lowest BCUT2D eigenvalue weighted by Gasteiger charge is -1.99. The second kappa shape index (κ2) is 4.07. The van der Waals surface area contributed by atoms with Crippen molar-refractivity contribution >= 4 is 17.0 Å². The molecule has 1 rings (SSSR count). The number of carbonyl (C=O) groups excluding carboxylic acids is 1. The molecule has 0 aliphatic heterocycles. The summed E-state index contributed by atoms with van der Waals surface area (Å²) in [7, 11) is 0. The molecule has 0 saturated heterocycles. The molecular weight excluding hydrogens is 183 g/mol. The van der Waals surface area contributed by atoms with Crippen LogP contribution in [-0.4, -0.2) is 5.43 Å². The number of halogens is 2. The first-order valence-corrected chi connectivity index (χ1v) is 3.63. The van der Waals surface area contributed by atoms with Gasteiger partial charge in [0.2, 0.25) is 0 Å². The van der Waals surface area contributed by atoms with Crippen LogP contribution >= 0.6 is 11.6 Å². The van der Waals surface area contributed by atoms with Gasteiger partial charge in [-0.15, -0.1) is 0 Å². The predicted molar refractivity (Wildman–Crippen MR) is 42.4 cm³/mol. The molecule has 0 N–H and O–H groups in total. The van der Waals surface area contributed by atoms with Gasteiger partial charge in [-0.2, -0.15) is 0 Å². The number of benzene rings is 1. The van der Waals surface area contributed by atoms with Crippen LogP contribution in [0, 0.1) is 5.82 Å². The molecule has 0 aliphatic carbocycles. The molecule has 0 spiro atoms. The Kier molecular flexibility index (Phi) is 3.05. The number of carbonyl (C=O) groups is 1. The van der Waals surface area contributed by atoms with Gasteiger partial charge in [0.25, 0.3) is 0 Å². The summed E-state index contributed by atoms with van der Waals surface area (Å²) < 4.78 is 16.8. The van der Waals surface area contributed by atoms with Crippen LogP contribution in [-0.2, 0) is 11.3 Å². The first kappa shape index (κ1) is 9.00. The van der Waals surface area contributed by atoms with E-state index in [4.69, 9.17) is 11.6 Å². The summed E-state index contributed by atoms with van der Waals surface area (Å²) in [5.74, 6) is -0.323. The van der Waals surface area contributed by atoms with E-state index in [9.17, 15) is 9.18 Å². The van der Waals surface area contributed by atoms with Crippen LogP contribution in [0.25, 0.3) is 0 Å². The van der Waals surface area contributed by atoms with Gasteiger partial charge in [-0.05, 0) is 17.7 Å². The van der Waals surface area contributed by atoms with Gasteiger partial charge in [0.05, 0.1) is 0 Å². The van der Waals surface area contributed by atoms with Crippen molar-refractivity contribution in [3.05, 3.63) is 35.6 Å². The van der Waals surface area contributed by atoms with Crippen molar-refractivity contribution in [2.24, 2.45) is 0 Å². The second-order valence-corrected chi connectivity index (χ2v) is 2.46. The highest BCUT2D eigenvalue weighted by atomic mass is 35.5. The first-order chi connectivity index (χ1) is 5.68. The Bertz CT molecular complexity index is 271. The number of ether oxygens (including phenoxy) is 1. The van der Waals surface area contributed by atoms with Crippen LogP contribution in [0.4, 0.5) is 9.18 Å². The van der Waals surface area contributed by atoms with Gasteiger partial charge in [-0.25, -0.2) is 9.18 Å². The number of hydrogen-bond donors (Lipinski definition) is 0. The molecule has 12 heavy (non-hydrogen) atoms. The van der Waals surface area contributed by atoms with E-state index in [1.54, 1.807) is 0 Å². The lowest BCUT2D eigenvalue weighted by atomic mass is 10.2. The van der Waals surface area contributed by atoms with Gasteiger partial charge in [0.1, 0.15) is 12.4 Å². The van der Waals surface area contributed by atoms with E-state index in [1.165, 1.54) is 24.3 Å². The molecule has 1 aromatic carbocycles. The molecule has 0 radical (unpaired) electrons. The van der Waals surface area contributed by atoms with Crippen LogP contribution in [0.3, 0.4) is 0 Å². The minimum Gasteiger partial charge on any atom is -0.449 e. The Morgan fingerprint density at radius 1 is 1.42 bits per heavy atom. The number of rotatable bonds is 2. The highest BCUT2D eigenvalue weighted by Crippen LogP contribution is 2.04. The van der Waals surface area contributed by atoms with Crippen LogP contribution in [0.15, 0.2) is 24.3 Å². The summed E-state index contributed by atoms with van der Waals surface area (Å²) >= 11 is 4.92. The van der Waals surface area contributed by atoms with E-state index in [0.717, 1.165) is 0 Å². The average molecular weight is 189 g/mol. The third-order valence-corrected chi connectivity index (χ3v) is 1.37. The van der Waals surface area contributed by atoms with Gasteiger partial charge >= 0.3 is 5.43 Å². The average Bonchev–Trinajstić information content (AvgIpc) is 2.03. The zero-order valence-electron chi connectivity index (χ0n) is 6.09. The topological polar surface area (TPSA) is 26.3 Å². The summed E-state index contributed by atoms with van der Waals surface area (Å²) in [6.07, 6.45) is 0. The lowest BCUT2D eigenvalue weighted by molar-refractivity contribution is 0.167. The molecule has 0 fully saturated rings. The Labute approximate surface area is 73.9 Å². The molecule has 1 aromatic rings. The number of hydrogen-bond acceptors (Lipinski definition) is 2. The highest BCUT2D eigenvalue weighted by Gasteiger charge is 1.97. The Morgan fingerprint density at radius 2 is 2.00 bits per heavy atom. The maximum Gasteiger partial charge on any atom is 0.404 e. The van der Waals surface area contributed by atoms with E-state index < -0.39 is 5.43 Å². The third kappa shape index (κ3) is 2.88. The summed E-state index contributed by atoms with van der Waals surface area (Å²) in [5, 5.41) is 0. The molecule has 0 bridgehead atoms. The summed E-state index contributed by atoms with van der Waals surface area (Å²) in [4.78, 5) is 10.2. The molecule has 4 heteroatoms. The Hall–Kier alpha value is -1.09. The van der Waals surface area contributed by atoms with Gasteiger partial charge < -0.3 is 4.74 Å². The summed E-state index contributed by atoms with van der Waals surface area (Å²) in [5.41, 5.74) is -0.162. The van der Waals surface area contributed by atoms with E-state index >= 15 is 0 Å². The third-order valence-electron chi connectivity index (χ3n) is 1.27. The zero-order chi connectivity index (χ0) is 8.97. The van der Waals surface area contributed by atoms with Crippen LogP contribution in [0.5, 0.6) is 0 Å². The van der Waals surface area contributed by atoms with Crippen molar-refractivity contribution in [1.82, 2.24) is 0 Å². The standard InChI is InChI=1S/C8H6ClFO2/c9-8(11)12-5-6-1-3-7(10)4-2-6/h1-4H,5H2. The molecule has 64 valence electrons. The first-order valence-electron chi connectivity index (χ1n) is 3.25. The predicted octanol–water partition coefficient (Wildman–Crippen LogP) is 2.70. The van der Waals surface area contributed by atoms with Crippen molar-refractivity contribution in [2.75, 3.05) is 0 Å². The van der Waals surface area contributed by atoms with Crippen molar-refractivity contribution in [2.45, 2.75) is 6.61 Å². The largest absolute Gasteiger partial charge is 0.449 e. The fourth-order valence-corrected chi connectivity index (χ4v) is 0.775. The Morgan fingerprint density at radius 3 is 2.50 bits per heavy atom. The maximum absolute atomic E-state index is 12.4. The van der Waals surface area contributed by atoms with Crippen LogP contribution in [0.2, 0.25) is 0 Å². The van der Waals surface area contributed by atoms with Crippen LogP contribution < -0.4 is 0 Å². The molecule has 0 unspecified atom stereocenters. The van der Waals surface area contributed by atoms with E-state index in [0.29, 0.717) is 5.56 Å². The summed E-state index contributed by atoms with van der Waals surface area (Å²) in [6, 6.07) is 5.62. The fraction of sp³-hybridized carbons (Fsp3) is 0.125. The minimum atomic E-state index is -0.862. The Balaban J connectivity index is 2.53. The van der Waals surface area contributed by atoms with Gasteiger partial charge in [-0.3, -0.25) is 0 Å². The fourth-order valence-electron chi connectivity index (χ4n) is 0.721. The van der Waals surface area contributed by atoms with Gasteiger partial charge in [0.15, 0.2) is 0 Å². The molecule has 0 saturated carbocycles. The van der Waals surface area contributed by atoms with Crippen molar-refractivity contribution in [3.63, 3.8) is 0 Å². The summed E-state index contributed by atoms with van der Waals surface area (Å²) in [6.45, 7) is 0.0720. The van der Waals surface area contributed by atoms with Gasteiger partial charge in [0, 0.05) is 11.6 Å². The quantitative estimate of drug-likeness (QED) is 0.667. The molecule has 0 aliphatic rings. The molecule has 0 atom stereocenters. The lowest BCUT2D eigenvalue weighted by Crippen LogP contribution is -1.94. The smallest absolute Gasteiger partial charge is 0.404 e. The highest BCUT2D eigenvalue weighted by molar-refractivity contribution is 6.61. The molecule has 0 heterocycles. The van der Waals surface area contributed by atoms with E-state index in [-0.39, 0.29) is 12.4 Å². The van der Waals surface area contributed by atoms with E-state index in [1.807, 2.05) is 0 Å². The minimum absolute atomic E-state index is 0.0720. The van der Waals surface area contributed by atoms with Crippen LogP contribution in [0.1, 0.15) is 5.56 Å². The molecule has 0 amide bonds. The monoisotopic (exact) mass is 188 g/mol. The van der Waals surface area contributed by atoms with Crippen molar-refractivity contribution < 1.29 is 13.9 Å². The molecule has 2 nitrogen and oxygen atoms in total. The molecular formula is C8H6ClFO2. The zero-order valence-corrected chi connectivity index (χ0v) is 6.84. The van der Waals surface area contributed by atoms with Crippen molar-refractivity contribution in [1.29, 1.82) is 0 Å². The van der Waals surface area contributed by atoms with E-state index in [2.05, 4.69) is 4.74 Å². The second-order valence-electron chi connectivity index (χ2n) is 2.15.